The Hall–Kier alpha value is -3.25. The van der Waals surface area contributed by atoms with Crippen LogP contribution in [0.1, 0.15) is 5.56 Å². The monoisotopic (exact) mass is 483 g/mol. The van der Waals surface area contributed by atoms with Gasteiger partial charge in [0.05, 0.1) is 31.4 Å². The molecule has 180 valence electrons. The van der Waals surface area contributed by atoms with E-state index < -0.39 is 42.0 Å². The molecule has 0 aliphatic carbocycles. The first kappa shape index (κ1) is 22.5. The number of hydrogen-bond donors (Lipinski definition) is 1. The lowest BCUT2D eigenvalue weighted by molar-refractivity contribution is -0.139. The van der Waals surface area contributed by atoms with Gasteiger partial charge in [-0.15, -0.1) is 0 Å². The van der Waals surface area contributed by atoms with Gasteiger partial charge in [0.1, 0.15) is 30.2 Å². The van der Waals surface area contributed by atoms with E-state index in [1.807, 2.05) is 0 Å². The van der Waals surface area contributed by atoms with Crippen LogP contribution >= 0.6 is 0 Å². The Morgan fingerprint density at radius 2 is 1.82 bits per heavy atom. The van der Waals surface area contributed by atoms with Crippen LogP contribution in [0, 0.1) is 5.82 Å². The van der Waals surface area contributed by atoms with Crippen molar-refractivity contribution in [1.29, 1.82) is 0 Å². The van der Waals surface area contributed by atoms with Gasteiger partial charge in [0, 0.05) is 17.1 Å². The summed E-state index contributed by atoms with van der Waals surface area (Å²) >= 11 is 0. The number of halogens is 5. The van der Waals surface area contributed by atoms with Gasteiger partial charge in [-0.2, -0.15) is 13.2 Å². The van der Waals surface area contributed by atoms with Crippen molar-refractivity contribution in [2.75, 3.05) is 25.6 Å². The molecule has 2 aromatic carbocycles. The summed E-state index contributed by atoms with van der Waals surface area (Å²) in [5.41, 5.74) is -1.01. The van der Waals surface area contributed by atoms with Gasteiger partial charge in [-0.3, -0.25) is 0 Å². The van der Waals surface area contributed by atoms with Crippen LogP contribution in [0.3, 0.4) is 0 Å². The number of anilines is 2. The summed E-state index contributed by atoms with van der Waals surface area (Å²) < 4.78 is 89.0. The number of methoxy groups -OCH3 is 1. The molecular formula is C22H18F5N3O4. The van der Waals surface area contributed by atoms with Crippen molar-refractivity contribution in [1.82, 2.24) is 9.97 Å². The zero-order valence-corrected chi connectivity index (χ0v) is 17.6. The molecule has 5 rings (SSSR count). The van der Waals surface area contributed by atoms with Gasteiger partial charge >= 0.3 is 6.18 Å². The number of benzene rings is 2. The van der Waals surface area contributed by atoms with E-state index in [9.17, 15) is 22.0 Å². The third-order valence-electron chi connectivity index (χ3n) is 5.68. The molecule has 2 aliphatic heterocycles. The van der Waals surface area contributed by atoms with Crippen LogP contribution in [0.25, 0.3) is 10.9 Å². The topological polar surface area (TPSA) is 74.7 Å². The van der Waals surface area contributed by atoms with E-state index in [2.05, 4.69) is 15.3 Å². The number of alkyl halides is 4. The summed E-state index contributed by atoms with van der Waals surface area (Å²) in [7, 11) is 1.41. The maximum absolute atomic E-state index is 13.8. The molecule has 7 nitrogen and oxygen atoms in total. The maximum atomic E-state index is 13.8. The third-order valence-corrected chi connectivity index (χ3v) is 5.68. The van der Waals surface area contributed by atoms with Crippen molar-refractivity contribution < 1.29 is 40.9 Å². The van der Waals surface area contributed by atoms with Crippen molar-refractivity contribution >= 4 is 22.4 Å². The first-order valence-corrected chi connectivity index (χ1v) is 10.2. The molecule has 0 spiro atoms. The fourth-order valence-electron chi connectivity index (χ4n) is 4.05. The quantitative estimate of drug-likeness (QED) is 0.539. The molecule has 2 saturated heterocycles. The molecule has 2 fully saturated rings. The van der Waals surface area contributed by atoms with Crippen molar-refractivity contribution in [3.05, 3.63) is 48.0 Å². The largest absolute Gasteiger partial charge is 0.493 e. The minimum absolute atomic E-state index is 0.0127. The second-order valence-corrected chi connectivity index (χ2v) is 7.83. The van der Waals surface area contributed by atoms with Crippen LogP contribution in [0.4, 0.5) is 33.5 Å². The highest BCUT2D eigenvalue weighted by molar-refractivity contribution is 5.93. The molecule has 12 heteroatoms. The summed E-state index contributed by atoms with van der Waals surface area (Å²) in [6, 6.07) is 5.69. The number of ether oxygens (including phenoxy) is 4. The van der Waals surface area contributed by atoms with Crippen molar-refractivity contribution in [2.45, 2.75) is 30.7 Å². The number of fused-ring (bicyclic) bond motifs is 2. The average molecular weight is 483 g/mol. The predicted molar refractivity (Wildman–Crippen MR) is 110 cm³/mol. The Kier molecular flexibility index (Phi) is 5.64. The second-order valence-electron chi connectivity index (χ2n) is 7.83. The molecule has 3 heterocycles. The van der Waals surface area contributed by atoms with E-state index >= 15 is 0 Å². The van der Waals surface area contributed by atoms with E-state index in [4.69, 9.17) is 18.9 Å². The summed E-state index contributed by atoms with van der Waals surface area (Å²) in [4.78, 5) is 8.30. The molecule has 0 saturated carbocycles. The standard InChI is InChI=1S/C22H18F5N3O4/c1-31-16-5-11-15(6-17(16)34-18-8-33-19-14(24)7-32-20(18)19)28-9-29-21(11)30-10-2-3-13(23)12(4-10)22(25,26)27/h2-6,9,14,18-20H,7-8H2,1H3,(H,28,29,30)/t14?,18?,19-,20-/m0/s1. The van der Waals surface area contributed by atoms with Crippen LogP contribution in [0.2, 0.25) is 0 Å². The molecule has 1 aromatic heterocycles. The molecule has 2 aliphatic rings. The number of aromatic nitrogens is 2. The van der Waals surface area contributed by atoms with Crippen LogP contribution in [-0.4, -0.2) is 54.8 Å². The van der Waals surface area contributed by atoms with Gasteiger partial charge in [-0.1, -0.05) is 0 Å². The molecule has 2 unspecified atom stereocenters. The van der Waals surface area contributed by atoms with Gasteiger partial charge in [-0.25, -0.2) is 18.7 Å². The fourth-order valence-corrected chi connectivity index (χ4v) is 4.05. The molecule has 3 aromatic rings. The van der Waals surface area contributed by atoms with E-state index in [0.29, 0.717) is 28.5 Å². The van der Waals surface area contributed by atoms with E-state index in [1.165, 1.54) is 19.5 Å². The summed E-state index contributed by atoms with van der Waals surface area (Å²) in [5.74, 6) is -0.601. The molecule has 34 heavy (non-hydrogen) atoms. The minimum Gasteiger partial charge on any atom is -0.493 e. The molecule has 4 atom stereocenters. The third kappa shape index (κ3) is 4.07. The Morgan fingerprint density at radius 1 is 1.03 bits per heavy atom. The van der Waals surface area contributed by atoms with Gasteiger partial charge in [0.25, 0.3) is 0 Å². The van der Waals surface area contributed by atoms with Crippen molar-refractivity contribution in [2.24, 2.45) is 0 Å². The molecule has 1 N–H and O–H groups in total. The van der Waals surface area contributed by atoms with Crippen LogP contribution in [-0.2, 0) is 15.7 Å². The zero-order chi connectivity index (χ0) is 24.0. The lowest BCUT2D eigenvalue weighted by Gasteiger charge is -2.20. The van der Waals surface area contributed by atoms with Crippen LogP contribution in [0.5, 0.6) is 11.5 Å². The number of hydrogen-bond acceptors (Lipinski definition) is 7. The number of nitrogens with one attached hydrogen (secondary N) is 1. The Bertz CT molecular complexity index is 1230. The highest BCUT2D eigenvalue weighted by Gasteiger charge is 2.49. The normalized spacial score (nSPS) is 24.3. The Labute approximate surface area is 189 Å². The van der Waals surface area contributed by atoms with E-state index in [1.54, 1.807) is 12.1 Å². The maximum Gasteiger partial charge on any atom is 0.419 e. The zero-order valence-electron chi connectivity index (χ0n) is 17.6. The second kappa shape index (κ2) is 8.51. The van der Waals surface area contributed by atoms with Crippen molar-refractivity contribution in [3.63, 3.8) is 0 Å². The van der Waals surface area contributed by atoms with Gasteiger partial charge < -0.3 is 24.3 Å². The molecule has 0 radical (unpaired) electrons. The summed E-state index contributed by atoms with van der Waals surface area (Å²) in [6.07, 6.45) is -6.65. The average Bonchev–Trinajstić information content (AvgIpc) is 3.37. The first-order valence-electron chi connectivity index (χ1n) is 10.2. The summed E-state index contributed by atoms with van der Waals surface area (Å²) in [5, 5.41) is 3.19. The predicted octanol–water partition coefficient (Wildman–Crippen LogP) is 4.42. The lowest BCUT2D eigenvalue weighted by Crippen LogP contribution is -2.33. The molecule has 0 bridgehead atoms. The van der Waals surface area contributed by atoms with Crippen LogP contribution in [0.15, 0.2) is 36.7 Å². The van der Waals surface area contributed by atoms with Gasteiger partial charge in [0.2, 0.25) is 0 Å². The number of rotatable bonds is 5. The molecule has 0 amide bonds. The SMILES string of the molecule is COc1cc2c(Nc3ccc(F)c(C(F)(F)F)c3)ncnc2cc1OC1CO[C@H]2C(F)CO[C@@H]12. The van der Waals surface area contributed by atoms with Crippen LogP contribution < -0.4 is 14.8 Å². The minimum atomic E-state index is -4.85. The summed E-state index contributed by atoms with van der Waals surface area (Å²) in [6.45, 7) is 0.0748. The fraction of sp³-hybridized carbons (Fsp3) is 0.364. The van der Waals surface area contributed by atoms with E-state index in [-0.39, 0.29) is 24.7 Å². The van der Waals surface area contributed by atoms with Gasteiger partial charge in [-0.05, 0) is 24.3 Å². The van der Waals surface area contributed by atoms with Gasteiger partial charge in [0.15, 0.2) is 23.8 Å². The Morgan fingerprint density at radius 3 is 2.59 bits per heavy atom. The molecular weight excluding hydrogens is 465 g/mol. The highest BCUT2D eigenvalue weighted by Crippen LogP contribution is 2.39. The first-order chi connectivity index (χ1) is 16.2. The number of nitrogens with zero attached hydrogens (tertiary/aromatic N) is 2. The van der Waals surface area contributed by atoms with E-state index in [0.717, 1.165) is 6.07 Å². The highest BCUT2D eigenvalue weighted by atomic mass is 19.4. The Balaban J connectivity index is 1.45. The van der Waals surface area contributed by atoms with Crippen molar-refractivity contribution in [3.8, 4) is 11.5 Å². The smallest absolute Gasteiger partial charge is 0.419 e. The lowest BCUT2D eigenvalue weighted by atomic mass is 10.1.